The topological polar surface area (TPSA) is 110 Å². The van der Waals surface area contributed by atoms with Crippen LogP contribution in [0.3, 0.4) is 0 Å². The van der Waals surface area contributed by atoms with Crippen LogP contribution in [0.15, 0.2) is 36.7 Å². The highest BCUT2D eigenvalue weighted by Crippen LogP contribution is 2.39. The standard InChI is InChI=1S/C23H24N2O6/c1-5-31-18-7-6-14-16(15(18)10-21(24)26)11-25-12-17(14)22(27)13-8-19(28-2)23(30-4)20(9-13)29-3/h6-9,11-12H,5,10H2,1-4H3,(H2,24,26). The molecular formula is C23H24N2O6. The first-order valence-corrected chi connectivity index (χ1v) is 9.60. The van der Waals surface area contributed by atoms with Crippen molar-refractivity contribution < 1.29 is 28.5 Å². The average molecular weight is 424 g/mol. The lowest BCUT2D eigenvalue weighted by molar-refractivity contribution is -0.117. The van der Waals surface area contributed by atoms with Crippen molar-refractivity contribution in [3.63, 3.8) is 0 Å². The summed E-state index contributed by atoms with van der Waals surface area (Å²) in [4.78, 5) is 29.3. The lowest BCUT2D eigenvalue weighted by atomic mass is 9.95. The van der Waals surface area contributed by atoms with Gasteiger partial charge in [-0.2, -0.15) is 0 Å². The fraction of sp³-hybridized carbons (Fsp3) is 0.261. The molecule has 0 radical (unpaired) electrons. The third kappa shape index (κ3) is 4.23. The monoisotopic (exact) mass is 424 g/mol. The number of methoxy groups -OCH3 is 3. The quantitative estimate of drug-likeness (QED) is 0.526. The van der Waals surface area contributed by atoms with Crippen LogP contribution in [0.4, 0.5) is 0 Å². The van der Waals surface area contributed by atoms with Gasteiger partial charge in [0.2, 0.25) is 11.7 Å². The summed E-state index contributed by atoms with van der Waals surface area (Å²) in [7, 11) is 4.46. The van der Waals surface area contributed by atoms with E-state index >= 15 is 0 Å². The van der Waals surface area contributed by atoms with Gasteiger partial charge in [-0.25, -0.2) is 0 Å². The number of ether oxygens (including phenoxy) is 4. The number of hydrogen-bond acceptors (Lipinski definition) is 7. The van der Waals surface area contributed by atoms with Crippen LogP contribution in [0, 0.1) is 0 Å². The summed E-state index contributed by atoms with van der Waals surface area (Å²) >= 11 is 0. The minimum absolute atomic E-state index is 0.0316. The number of aromatic nitrogens is 1. The molecule has 3 aromatic rings. The summed E-state index contributed by atoms with van der Waals surface area (Å²) in [5.74, 6) is 0.870. The lowest BCUT2D eigenvalue weighted by Crippen LogP contribution is -2.15. The van der Waals surface area contributed by atoms with Crippen LogP contribution in [-0.4, -0.2) is 44.6 Å². The fourth-order valence-electron chi connectivity index (χ4n) is 3.48. The van der Waals surface area contributed by atoms with Gasteiger partial charge in [-0.05, 0) is 36.6 Å². The molecule has 0 bridgehead atoms. The zero-order chi connectivity index (χ0) is 22.5. The van der Waals surface area contributed by atoms with E-state index in [0.29, 0.717) is 57.1 Å². The number of carbonyl (C=O) groups is 2. The molecule has 1 aromatic heterocycles. The maximum atomic E-state index is 13.4. The molecule has 162 valence electrons. The van der Waals surface area contributed by atoms with Crippen molar-refractivity contribution in [2.24, 2.45) is 5.73 Å². The molecule has 0 spiro atoms. The molecule has 1 heterocycles. The van der Waals surface area contributed by atoms with Crippen LogP contribution in [0.2, 0.25) is 0 Å². The van der Waals surface area contributed by atoms with Crippen molar-refractivity contribution in [3.05, 3.63) is 53.3 Å². The van der Waals surface area contributed by atoms with Crippen LogP contribution in [-0.2, 0) is 11.2 Å². The molecule has 2 aromatic carbocycles. The number of amides is 1. The zero-order valence-corrected chi connectivity index (χ0v) is 17.9. The van der Waals surface area contributed by atoms with Crippen molar-refractivity contribution in [2.45, 2.75) is 13.3 Å². The maximum Gasteiger partial charge on any atom is 0.222 e. The molecule has 2 N–H and O–H groups in total. The van der Waals surface area contributed by atoms with E-state index in [2.05, 4.69) is 4.98 Å². The Hall–Kier alpha value is -3.81. The molecule has 0 unspecified atom stereocenters. The molecule has 0 fully saturated rings. The predicted octanol–water partition coefficient (Wildman–Crippen LogP) is 2.92. The van der Waals surface area contributed by atoms with E-state index in [1.54, 1.807) is 30.5 Å². The van der Waals surface area contributed by atoms with Crippen LogP contribution < -0.4 is 24.7 Å². The minimum atomic E-state index is -0.505. The second-order valence-corrected chi connectivity index (χ2v) is 6.64. The maximum absolute atomic E-state index is 13.4. The normalized spacial score (nSPS) is 10.6. The number of primary amides is 1. The van der Waals surface area contributed by atoms with Gasteiger partial charge in [-0.1, -0.05) is 0 Å². The molecule has 1 amide bonds. The molecule has 0 saturated heterocycles. The van der Waals surface area contributed by atoms with Gasteiger partial charge >= 0.3 is 0 Å². The van der Waals surface area contributed by atoms with Crippen molar-refractivity contribution in [2.75, 3.05) is 27.9 Å². The lowest BCUT2D eigenvalue weighted by Gasteiger charge is -2.15. The van der Waals surface area contributed by atoms with E-state index in [4.69, 9.17) is 24.7 Å². The van der Waals surface area contributed by atoms with Crippen molar-refractivity contribution >= 4 is 22.5 Å². The molecule has 0 aliphatic heterocycles. The summed E-state index contributed by atoms with van der Waals surface area (Å²) in [5, 5.41) is 1.26. The zero-order valence-electron chi connectivity index (χ0n) is 17.9. The van der Waals surface area contributed by atoms with Crippen LogP contribution in [0.1, 0.15) is 28.4 Å². The number of carbonyl (C=O) groups excluding carboxylic acids is 2. The minimum Gasteiger partial charge on any atom is -0.494 e. The Morgan fingerprint density at radius 1 is 0.935 bits per heavy atom. The van der Waals surface area contributed by atoms with Gasteiger partial charge in [0.15, 0.2) is 17.3 Å². The highest BCUT2D eigenvalue weighted by atomic mass is 16.5. The third-order valence-electron chi connectivity index (χ3n) is 4.83. The largest absolute Gasteiger partial charge is 0.494 e. The molecular weight excluding hydrogens is 400 g/mol. The Balaban J connectivity index is 2.19. The van der Waals surface area contributed by atoms with Crippen LogP contribution >= 0.6 is 0 Å². The molecule has 8 heteroatoms. The smallest absolute Gasteiger partial charge is 0.222 e. The number of fused-ring (bicyclic) bond motifs is 1. The highest BCUT2D eigenvalue weighted by molar-refractivity contribution is 6.17. The van der Waals surface area contributed by atoms with Gasteiger partial charge in [0.1, 0.15) is 5.75 Å². The first-order valence-electron chi connectivity index (χ1n) is 9.60. The summed E-state index contributed by atoms with van der Waals surface area (Å²) in [6.07, 6.45) is 3.06. The number of benzene rings is 2. The van der Waals surface area contributed by atoms with E-state index in [1.165, 1.54) is 27.5 Å². The summed E-state index contributed by atoms with van der Waals surface area (Å²) in [6, 6.07) is 6.68. The SMILES string of the molecule is CCOc1ccc2c(C(=O)c3cc(OC)c(OC)c(OC)c3)cncc2c1CC(N)=O. The summed E-state index contributed by atoms with van der Waals surface area (Å²) in [6.45, 7) is 2.27. The predicted molar refractivity (Wildman–Crippen MR) is 115 cm³/mol. The van der Waals surface area contributed by atoms with Gasteiger partial charge in [0.05, 0.1) is 34.4 Å². The van der Waals surface area contributed by atoms with Gasteiger partial charge in [-0.3, -0.25) is 14.6 Å². The van der Waals surface area contributed by atoms with Crippen molar-refractivity contribution in [3.8, 4) is 23.0 Å². The van der Waals surface area contributed by atoms with Crippen LogP contribution in [0.25, 0.3) is 10.8 Å². The van der Waals surface area contributed by atoms with Crippen molar-refractivity contribution in [1.82, 2.24) is 4.98 Å². The summed E-state index contributed by atoms with van der Waals surface area (Å²) < 4.78 is 21.7. The number of nitrogens with two attached hydrogens (primary N) is 1. The second kappa shape index (κ2) is 9.34. The molecule has 31 heavy (non-hydrogen) atoms. The Bertz CT molecular complexity index is 1120. The number of rotatable bonds is 9. The van der Waals surface area contributed by atoms with E-state index in [9.17, 15) is 9.59 Å². The highest BCUT2D eigenvalue weighted by Gasteiger charge is 2.21. The Morgan fingerprint density at radius 3 is 2.16 bits per heavy atom. The van der Waals surface area contributed by atoms with E-state index in [0.717, 1.165) is 0 Å². The summed E-state index contributed by atoms with van der Waals surface area (Å²) in [5.41, 5.74) is 6.74. The van der Waals surface area contributed by atoms with E-state index in [1.807, 2.05) is 6.92 Å². The second-order valence-electron chi connectivity index (χ2n) is 6.64. The number of nitrogens with zero attached hydrogens (tertiary/aromatic N) is 1. The Labute approximate surface area is 179 Å². The third-order valence-corrected chi connectivity index (χ3v) is 4.83. The van der Waals surface area contributed by atoms with Gasteiger partial charge < -0.3 is 24.7 Å². The Kier molecular flexibility index (Phi) is 6.59. The molecule has 0 atom stereocenters. The Morgan fingerprint density at radius 2 is 1.61 bits per heavy atom. The van der Waals surface area contributed by atoms with E-state index < -0.39 is 5.91 Å². The molecule has 8 nitrogen and oxygen atoms in total. The van der Waals surface area contributed by atoms with Gasteiger partial charge in [0.25, 0.3) is 0 Å². The first kappa shape index (κ1) is 21.9. The number of pyridine rings is 1. The van der Waals surface area contributed by atoms with Crippen molar-refractivity contribution in [1.29, 1.82) is 0 Å². The molecule has 3 rings (SSSR count). The molecule has 0 saturated carbocycles. The number of hydrogen-bond donors (Lipinski definition) is 1. The van der Waals surface area contributed by atoms with E-state index in [-0.39, 0.29) is 12.2 Å². The van der Waals surface area contributed by atoms with Crippen LogP contribution in [0.5, 0.6) is 23.0 Å². The molecule has 0 aliphatic rings. The average Bonchev–Trinajstić information content (AvgIpc) is 2.78. The molecule has 0 aliphatic carbocycles. The fourth-order valence-corrected chi connectivity index (χ4v) is 3.48. The van der Waals surface area contributed by atoms with Gasteiger partial charge in [-0.15, -0.1) is 0 Å². The van der Waals surface area contributed by atoms with Gasteiger partial charge in [0, 0.05) is 34.5 Å². The first-order chi connectivity index (χ1) is 14.9. The number of ketones is 1.